The third kappa shape index (κ3) is 4.35. The molecule has 0 atom stereocenters. The van der Waals surface area contributed by atoms with Gasteiger partial charge < -0.3 is 16.0 Å². The largest absolute Gasteiger partial charge is 0.341 e. The maximum atomic E-state index is 12.6. The highest BCUT2D eigenvalue weighted by atomic mass is 35.5. The number of hydrogen-bond donors (Lipinski definition) is 2. The molecule has 1 saturated carbocycles. The van der Waals surface area contributed by atoms with Crippen molar-refractivity contribution in [2.75, 3.05) is 19.6 Å². The molecule has 3 N–H and O–H groups in total. The molecule has 19 heavy (non-hydrogen) atoms. The van der Waals surface area contributed by atoms with Gasteiger partial charge in [-0.1, -0.05) is 19.3 Å². The Hall–Kier alpha value is -0.810. The van der Waals surface area contributed by atoms with Gasteiger partial charge in [0.2, 0.25) is 11.8 Å². The van der Waals surface area contributed by atoms with Gasteiger partial charge in [0.05, 0.1) is 6.54 Å². The maximum Gasteiger partial charge on any atom is 0.248 e. The van der Waals surface area contributed by atoms with E-state index in [4.69, 9.17) is 5.73 Å². The van der Waals surface area contributed by atoms with Crippen LogP contribution < -0.4 is 11.1 Å². The number of halogens is 1. The zero-order valence-electron chi connectivity index (χ0n) is 11.9. The Bertz CT molecular complexity index is 300. The predicted molar refractivity (Wildman–Crippen MR) is 78.2 cm³/mol. The van der Waals surface area contributed by atoms with Crippen molar-refractivity contribution in [1.82, 2.24) is 10.2 Å². The molecule has 5 nitrogen and oxygen atoms in total. The fourth-order valence-electron chi connectivity index (χ4n) is 2.68. The van der Waals surface area contributed by atoms with E-state index in [9.17, 15) is 9.59 Å². The van der Waals surface area contributed by atoms with Gasteiger partial charge in [0.25, 0.3) is 0 Å². The summed E-state index contributed by atoms with van der Waals surface area (Å²) >= 11 is 0. The van der Waals surface area contributed by atoms with Crippen molar-refractivity contribution in [2.45, 2.75) is 51.5 Å². The Labute approximate surface area is 121 Å². The second kappa shape index (κ2) is 8.38. The first-order valence-corrected chi connectivity index (χ1v) is 6.90. The molecule has 0 aliphatic heterocycles. The summed E-state index contributed by atoms with van der Waals surface area (Å²) in [5, 5.41) is 2.88. The average Bonchev–Trinajstić information content (AvgIpc) is 2.40. The number of carbonyl (C=O) groups excluding carboxylic acids is 2. The molecule has 0 spiro atoms. The average molecular weight is 292 g/mol. The molecule has 6 heteroatoms. The summed E-state index contributed by atoms with van der Waals surface area (Å²) in [6, 6.07) is 0. The van der Waals surface area contributed by atoms with Crippen molar-refractivity contribution in [3.8, 4) is 0 Å². The van der Waals surface area contributed by atoms with Crippen LogP contribution in [0.2, 0.25) is 0 Å². The number of nitrogens with one attached hydrogen (secondary N) is 1. The van der Waals surface area contributed by atoms with Crippen molar-refractivity contribution in [2.24, 2.45) is 5.73 Å². The summed E-state index contributed by atoms with van der Waals surface area (Å²) in [6.07, 6.45) is 4.56. The van der Waals surface area contributed by atoms with Gasteiger partial charge in [0.1, 0.15) is 5.54 Å². The molecule has 1 aliphatic rings. The van der Waals surface area contributed by atoms with Crippen molar-refractivity contribution in [3.63, 3.8) is 0 Å². The van der Waals surface area contributed by atoms with Crippen molar-refractivity contribution < 1.29 is 9.59 Å². The van der Waals surface area contributed by atoms with Crippen LogP contribution >= 0.6 is 12.4 Å². The molecule has 0 saturated heterocycles. The monoisotopic (exact) mass is 291 g/mol. The molecule has 0 aromatic heterocycles. The normalized spacial score (nSPS) is 17.2. The molecule has 0 unspecified atom stereocenters. The second-order valence-electron chi connectivity index (χ2n) is 4.87. The Morgan fingerprint density at radius 3 is 2.11 bits per heavy atom. The van der Waals surface area contributed by atoms with Crippen molar-refractivity contribution >= 4 is 24.2 Å². The molecule has 0 bridgehead atoms. The molecule has 1 aliphatic carbocycles. The van der Waals surface area contributed by atoms with Crippen LogP contribution in [0.1, 0.15) is 46.0 Å². The zero-order valence-corrected chi connectivity index (χ0v) is 12.7. The van der Waals surface area contributed by atoms with Gasteiger partial charge in [0, 0.05) is 13.1 Å². The lowest BCUT2D eigenvalue weighted by Crippen LogP contribution is -2.61. The van der Waals surface area contributed by atoms with Gasteiger partial charge >= 0.3 is 0 Å². The van der Waals surface area contributed by atoms with Gasteiger partial charge in [-0.15, -0.1) is 12.4 Å². The first-order valence-electron chi connectivity index (χ1n) is 6.90. The Balaban J connectivity index is 0.00000324. The lowest BCUT2D eigenvalue weighted by atomic mass is 9.80. The third-order valence-electron chi connectivity index (χ3n) is 3.73. The maximum absolute atomic E-state index is 12.6. The molecule has 0 heterocycles. The summed E-state index contributed by atoms with van der Waals surface area (Å²) in [5.41, 5.74) is 4.64. The van der Waals surface area contributed by atoms with Crippen LogP contribution in [-0.2, 0) is 9.59 Å². The number of carbonyl (C=O) groups is 2. The van der Waals surface area contributed by atoms with Gasteiger partial charge in [0.15, 0.2) is 0 Å². The van der Waals surface area contributed by atoms with E-state index in [2.05, 4.69) is 5.32 Å². The van der Waals surface area contributed by atoms with Crippen LogP contribution in [0.5, 0.6) is 0 Å². The van der Waals surface area contributed by atoms with E-state index in [0.717, 1.165) is 32.1 Å². The highest BCUT2D eigenvalue weighted by Gasteiger charge is 2.42. The minimum absolute atomic E-state index is 0. The van der Waals surface area contributed by atoms with Crippen LogP contribution in [0.4, 0.5) is 0 Å². The lowest BCUT2D eigenvalue weighted by Gasteiger charge is -2.39. The predicted octanol–water partition coefficient (Wildman–Crippen LogP) is 1.05. The molecule has 1 fully saturated rings. The summed E-state index contributed by atoms with van der Waals surface area (Å²) in [4.78, 5) is 26.0. The third-order valence-corrected chi connectivity index (χ3v) is 3.73. The van der Waals surface area contributed by atoms with Gasteiger partial charge in [-0.05, 0) is 26.7 Å². The number of hydrogen-bond acceptors (Lipinski definition) is 3. The molecule has 2 amide bonds. The first-order chi connectivity index (χ1) is 8.59. The van der Waals surface area contributed by atoms with E-state index in [1.165, 1.54) is 0 Å². The standard InChI is InChI=1S/C13H25N3O2.ClH/c1-3-16(4-2)12(18)13(15-11(17)10-14)8-6-5-7-9-13;/h3-10,14H2,1-2H3,(H,15,17);1H. The Kier molecular flexibility index (Phi) is 8.02. The fourth-order valence-corrected chi connectivity index (χ4v) is 2.68. The van der Waals surface area contributed by atoms with E-state index >= 15 is 0 Å². The minimum Gasteiger partial charge on any atom is -0.341 e. The highest BCUT2D eigenvalue weighted by Crippen LogP contribution is 2.30. The number of nitrogens with zero attached hydrogens (tertiary/aromatic N) is 1. The summed E-state index contributed by atoms with van der Waals surface area (Å²) in [7, 11) is 0. The van der Waals surface area contributed by atoms with Crippen molar-refractivity contribution in [3.05, 3.63) is 0 Å². The van der Waals surface area contributed by atoms with Crippen LogP contribution in [0, 0.1) is 0 Å². The summed E-state index contributed by atoms with van der Waals surface area (Å²) < 4.78 is 0. The van der Waals surface area contributed by atoms with E-state index < -0.39 is 5.54 Å². The first kappa shape index (κ1) is 18.2. The molecule has 0 radical (unpaired) electrons. The van der Waals surface area contributed by atoms with Crippen molar-refractivity contribution in [1.29, 1.82) is 0 Å². The molecule has 1 rings (SSSR count). The molecular weight excluding hydrogens is 266 g/mol. The molecule has 112 valence electrons. The molecular formula is C13H26ClN3O2. The minimum atomic E-state index is -0.708. The zero-order chi connectivity index (χ0) is 13.6. The molecule has 0 aromatic carbocycles. The fraction of sp³-hybridized carbons (Fsp3) is 0.846. The number of rotatable bonds is 5. The SMILES string of the molecule is CCN(CC)C(=O)C1(NC(=O)CN)CCCCC1.Cl. The van der Waals surface area contributed by atoms with E-state index in [1.807, 2.05) is 13.8 Å². The quantitative estimate of drug-likeness (QED) is 0.795. The van der Waals surface area contributed by atoms with Crippen LogP contribution in [0.3, 0.4) is 0 Å². The number of amides is 2. The topological polar surface area (TPSA) is 75.4 Å². The number of likely N-dealkylation sites (N-methyl/N-ethyl adjacent to an activating group) is 1. The Morgan fingerprint density at radius 1 is 1.16 bits per heavy atom. The van der Waals surface area contributed by atoms with Crippen LogP contribution in [0.15, 0.2) is 0 Å². The second-order valence-corrected chi connectivity index (χ2v) is 4.87. The smallest absolute Gasteiger partial charge is 0.248 e. The van der Waals surface area contributed by atoms with Crippen LogP contribution in [-0.4, -0.2) is 41.9 Å². The summed E-state index contributed by atoms with van der Waals surface area (Å²) in [5.74, 6) is -0.189. The van der Waals surface area contributed by atoms with Gasteiger partial charge in [-0.3, -0.25) is 9.59 Å². The van der Waals surface area contributed by atoms with Gasteiger partial charge in [-0.25, -0.2) is 0 Å². The highest BCUT2D eigenvalue weighted by molar-refractivity contribution is 5.92. The lowest BCUT2D eigenvalue weighted by molar-refractivity contribution is -0.143. The summed E-state index contributed by atoms with van der Waals surface area (Å²) in [6.45, 7) is 5.21. The van der Waals surface area contributed by atoms with E-state index in [-0.39, 0.29) is 30.8 Å². The van der Waals surface area contributed by atoms with Gasteiger partial charge in [-0.2, -0.15) is 0 Å². The van der Waals surface area contributed by atoms with Crippen LogP contribution in [0.25, 0.3) is 0 Å². The van der Waals surface area contributed by atoms with E-state index in [1.54, 1.807) is 4.90 Å². The number of nitrogens with two attached hydrogens (primary N) is 1. The Morgan fingerprint density at radius 2 is 1.68 bits per heavy atom. The van der Waals surface area contributed by atoms with E-state index in [0.29, 0.717) is 13.1 Å². The molecule has 0 aromatic rings.